The van der Waals surface area contributed by atoms with Gasteiger partial charge in [-0.1, -0.05) is 24.8 Å². The second-order valence-electron chi connectivity index (χ2n) is 3.92. The van der Waals surface area contributed by atoms with E-state index in [1.54, 1.807) is 12.4 Å². The van der Waals surface area contributed by atoms with Crippen LogP contribution in [0.25, 0.3) is 0 Å². The monoisotopic (exact) mass is 243 g/mol. The molecule has 1 aromatic heterocycles. The minimum absolute atomic E-state index is 0.539. The second-order valence-corrected chi connectivity index (χ2v) is 3.92. The molecule has 4 heteroatoms. The molecule has 0 atom stereocenters. The Bertz CT molecular complexity index is 462. The second kappa shape index (κ2) is 6.61. The quantitative estimate of drug-likeness (QED) is 0.733. The SMILES string of the molecule is C=CCOc1ccc(CNCc2cnc[nH]2)cc1. The fourth-order valence-corrected chi connectivity index (χ4v) is 1.58. The van der Waals surface area contributed by atoms with Crippen molar-refractivity contribution in [3.8, 4) is 5.75 Å². The molecule has 2 rings (SSSR count). The maximum Gasteiger partial charge on any atom is 0.119 e. The molecule has 0 spiro atoms. The summed E-state index contributed by atoms with van der Waals surface area (Å²) < 4.78 is 5.42. The molecule has 0 aliphatic carbocycles. The van der Waals surface area contributed by atoms with Crippen molar-refractivity contribution in [2.75, 3.05) is 6.61 Å². The van der Waals surface area contributed by atoms with E-state index >= 15 is 0 Å². The molecule has 2 N–H and O–H groups in total. The first-order valence-electron chi connectivity index (χ1n) is 5.89. The number of hydrogen-bond acceptors (Lipinski definition) is 3. The van der Waals surface area contributed by atoms with Gasteiger partial charge >= 0.3 is 0 Å². The van der Waals surface area contributed by atoms with Crippen molar-refractivity contribution < 1.29 is 4.74 Å². The van der Waals surface area contributed by atoms with Gasteiger partial charge in [0.2, 0.25) is 0 Å². The molecule has 0 aliphatic heterocycles. The maximum absolute atomic E-state index is 5.42. The highest BCUT2D eigenvalue weighted by molar-refractivity contribution is 5.27. The number of hydrogen-bond donors (Lipinski definition) is 2. The van der Waals surface area contributed by atoms with Crippen LogP contribution in [0.1, 0.15) is 11.3 Å². The van der Waals surface area contributed by atoms with E-state index in [2.05, 4.69) is 34.0 Å². The van der Waals surface area contributed by atoms with Crippen LogP contribution in [0.5, 0.6) is 5.75 Å². The predicted octanol–water partition coefficient (Wildman–Crippen LogP) is 2.26. The summed E-state index contributed by atoms with van der Waals surface area (Å²) >= 11 is 0. The minimum Gasteiger partial charge on any atom is -0.490 e. The number of H-pyrrole nitrogens is 1. The molecule has 94 valence electrons. The minimum atomic E-state index is 0.539. The van der Waals surface area contributed by atoms with Gasteiger partial charge in [0.1, 0.15) is 12.4 Å². The predicted molar refractivity (Wildman–Crippen MR) is 71.3 cm³/mol. The molecule has 0 unspecified atom stereocenters. The zero-order valence-corrected chi connectivity index (χ0v) is 10.2. The average molecular weight is 243 g/mol. The first-order chi connectivity index (χ1) is 8.88. The molecule has 0 amide bonds. The molecule has 0 aliphatic rings. The van der Waals surface area contributed by atoms with E-state index in [0.717, 1.165) is 24.5 Å². The van der Waals surface area contributed by atoms with Crippen LogP contribution >= 0.6 is 0 Å². The molecular weight excluding hydrogens is 226 g/mol. The van der Waals surface area contributed by atoms with Gasteiger partial charge in [-0.15, -0.1) is 0 Å². The van der Waals surface area contributed by atoms with Crippen molar-refractivity contribution in [1.82, 2.24) is 15.3 Å². The molecule has 4 nitrogen and oxygen atoms in total. The summed E-state index contributed by atoms with van der Waals surface area (Å²) in [4.78, 5) is 7.02. The van der Waals surface area contributed by atoms with Crippen LogP contribution in [0.15, 0.2) is 49.4 Å². The molecule has 1 aromatic carbocycles. The zero-order valence-electron chi connectivity index (χ0n) is 10.2. The number of aromatic amines is 1. The highest BCUT2D eigenvalue weighted by Gasteiger charge is 1.96. The van der Waals surface area contributed by atoms with Gasteiger partial charge < -0.3 is 15.0 Å². The number of ether oxygens (including phenoxy) is 1. The van der Waals surface area contributed by atoms with Crippen LogP contribution in [0, 0.1) is 0 Å². The smallest absolute Gasteiger partial charge is 0.119 e. The molecule has 2 aromatic rings. The first-order valence-corrected chi connectivity index (χ1v) is 5.89. The van der Waals surface area contributed by atoms with Crippen LogP contribution in [-0.2, 0) is 13.1 Å². The van der Waals surface area contributed by atoms with E-state index < -0.39 is 0 Å². The van der Waals surface area contributed by atoms with Crippen molar-refractivity contribution in [2.45, 2.75) is 13.1 Å². The highest BCUT2D eigenvalue weighted by atomic mass is 16.5. The Morgan fingerprint density at radius 1 is 1.28 bits per heavy atom. The molecule has 1 heterocycles. The fourth-order valence-electron chi connectivity index (χ4n) is 1.58. The van der Waals surface area contributed by atoms with Crippen LogP contribution in [0.3, 0.4) is 0 Å². The van der Waals surface area contributed by atoms with Crippen LogP contribution in [0.4, 0.5) is 0 Å². The Balaban J connectivity index is 1.77. The number of nitrogens with one attached hydrogen (secondary N) is 2. The standard InChI is InChI=1S/C14H17N3O/c1-2-7-18-14-5-3-12(4-6-14)8-15-9-13-10-16-11-17-13/h2-6,10-11,15H,1,7-9H2,(H,16,17). The summed E-state index contributed by atoms with van der Waals surface area (Å²) in [5.41, 5.74) is 2.31. The van der Waals surface area contributed by atoms with Gasteiger partial charge in [-0.2, -0.15) is 0 Å². The third kappa shape index (κ3) is 3.75. The average Bonchev–Trinajstić information content (AvgIpc) is 2.91. The summed E-state index contributed by atoms with van der Waals surface area (Å²) in [6.07, 6.45) is 5.24. The zero-order chi connectivity index (χ0) is 12.6. The van der Waals surface area contributed by atoms with E-state index in [1.807, 2.05) is 18.3 Å². The van der Waals surface area contributed by atoms with Crippen molar-refractivity contribution in [1.29, 1.82) is 0 Å². The van der Waals surface area contributed by atoms with Gasteiger partial charge in [-0.3, -0.25) is 0 Å². The third-order valence-electron chi connectivity index (χ3n) is 2.49. The van der Waals surface area contributed by atoms with E-state index in [0.29, 0.717) is 6.61 Å². The van der Waals surface area contributed by atoms with Crippen LogP contribution in [0.2, 0.25) is 0 Å². The molecule has 0 fully saturated rings. The van der Waals surface area contributed by atoms with Gasteiger partial charge in [0.05, 0.1) is 6.33 Å². The highest BCUT2D eigenvalue weighted by Crippen LogP contribution is 2.12. The lowest BCUT2D eigenvalue weighted by Crippen LogP contribution is -2.12. The Hall–Kier alpha value is -2.07. The van der Waals surface area contributed by atoms with E-state index in [1.165, 1.54) is 5.56 Å². The largest absolute Gasteiger partial charge is 0.490 e. The van der Waals surface area contributed by atoms with E-state index in [9.17, 15) is 0 Å². The summed E-state index contributed by atoms with van der Waals surface area (Å²) in [7, 11) is 0. The number of rotatable bonds is 7. The molecule has 0 radical (unpaired) electrons. The summed E-state index contributed by atoms with van der Waals surface area (Å²) in [5.74, 6) is 0.868. The lowest BCUT2D eigenvalue weighted by molar-refractivity contribution is 0.363. The molecule has 18 heavy (non-hydrogen) atoms. The van der Waals surface area contributed by atoms with Crippen molar-refractivity contribution in [3.05, 3.63) is 60.7 Å². The number of nitrogens with zero attached hydrogens (tertiary/aromatic N) is 1. The lowest BCUT2D eigenvalue weighted by atomic mass is 10.2. The summed E-state index contributed by atoms with van der Waals surface area (Å²) in [6.45, 7) is 5.76. The van der Waals surface area contributed by atoms with E-state index in [-0.39, 0.29) is 0 Å². The summed E-state index contributed by atoms with van der Waals surface area (Å²) in [6, 6.07) is 8.05. The fraction of sp³-hybridized carbons (Fsp3) is 0.214. The number of benzene rings is 1. The van der Waals surface area contributed by atoms with Crippen LogP contribution in [-0.4, -0.2) is 16.6 Å². The van der Waals surface area contributed by atoms with E-state index in [4.69, 9.17) is 4.74 Å². The van der Waals surface area contributed by atoms with Crippen LogP contribution < -0.4 is 10.1 Å². The molecule has 0 saturated heterocycles. The topological polar surface area (TPSA) is 49.9 Å². The third-order valence-corrected chi connectivity index (χ3v) is 2.49. The number of imidazole rings is 1. The molecule has 0 bridgehead atoms. The molecular formula is C14H17N3O. The lowest BCUT2D eigenvalue weighted by Gasteiger charge is -2.06. The Labute approximate surface area is 107 Å². The first kappa shape index (κ1) is 12.4. The van der Waals surface area contributed by atoms with Gasteiger partial charge in [0.15, 0.2) is 0 Å². The number of aromatic nitrogens is 2. The van der Waals surface area contributed by atoms with Gasteiger partial charge in [0.25, 0.3) is 0 Å². The Morgan fingerprint density at radius 3 is 2.78 bits per heavy atom. The normalized spacial score (nSPS) is 10.2. The maximum atomic E-state index is 5.42. The van der Waals surface area contributed by atoms with Gasteiger partial charge in [0, 0.05) is 25.0 Å². The van der Waals surface area contributed by atoms with Gasteiger partial charge in [-0.25, -0.2) is 4.98 Å². The van der Waals surface area contributed by atoms with Crippen molar-refractivity contribution in [3.63, 3.8) is 0 Å². The Kier molecular flexibility index (Phi) is 4.55. The molecule has 0 saturated carbocycles. The summed E-state index contributed by atoms with van der Waals surface area (Å²) in [5, 5.41) is 3.34. The van der Waals surface area contributed by atoms with Gasteiger partial charge in [-0.05, 0) is 17.7 Å². The Morgan fingerprint density at radius 2 is 2.11 bits per heavy atom. The van der Waals surface area contributed by atoms with Crippen molar-refractivity contribution >= 4 is 0 Å². The van der Waals surface area contributed by atoms with Crippen molar-refractivity contribution in [2.24, 2.45) is 0 Å².